The predicted octanol–water partition coefficient (Wildman–Crippen LogP) is 1.42. The van der Waals surface area contributed by atoms with Crippen LogP contribution in [0.3, 0.4) is 0 Å². The second-order valence-corrected chi connectivity index (χ2v) is 7.46. The maximum Gasteiger partial charge on any atom is 0.407 e. The van der Waals surface area contributed by atoms with Crippen molar-refractivity contribution in [2.24, 2.45) is 0 Å². The van der Waals surface area contributed by atoms with Crippen molar-refractivity contribution in [3.05, 3.63) is 18.3 Å². The summed E-state index contributed by atoms with van der Waals surface area (Å²) in [6.45, 7) is 5.94. The Labute approximate surface area is 125 Å². The Morgan fingerprint density at radius 2 is 2.00 bits per heavy atom. The lowest BCUT2D eigenvalue weighted by Crippen LogP contribution is -2.35. The number of hydrogen-bond acceptors (Lipinski definition) is 6. The van der Waals surface area contributed by atoms with Crippen LogP contribution in [-0.2, 0) is 14.6 Å². The third-order valence-corrected chi connectivity index (χ3v) is 3.38. The second kappa shape index (κ2) is 6.75. The van der Waals surface area contributed by atoms with E-state index in [1.54, 1.807) is 26.8 Å². The number of alkyl carbamates (subject to hydrolysis) is 1. The summed E-state index contributed by atoms with van der Waals surface area (Å²) in [6.07, 6.45) is 2.10. The molecule has 8 heteroatoms. The van der Waals surface area contributed by atoms with Gasteiger partial charge in [0.15, 0.2) is 9.84 Å². The standard InChI is InChI=1S/C13H21N3O4S/c1-13(2,3)20-12(17)16-9-8-15-11-10(21(4,18)19)6-5-7-14-11/h5-7H,8-9H2,1-4H3,(H,14,15)(H,16,17). The summed E-state index contributed by atoms with van der Waals surface area (Å²) >= 11 is 0. The van der Waals surface area contributed by atoms with Crippen LogP contribution in [0.5, 0.6) is 0 Å². The number of nitrogens with one attached hydrogen (secondary N) is 2. The number of sulfone groups is 1. The molecule has 1 aromatic heterocycles. The lowest BCUT2D eigenvalue weighted by Gasteiger charge is -2.19. The first kappa shape index (κ1) is 17.2. The molecule has 0 radical (unpaired) electrons. The Hall–Kier alpha value is -1.83. The highest BCUT2D eigenvalue weighted by molar-refractivity contribution is 7.90. The van der Waals surface area contributed by atoms with Crippen molar-refractivity contribution < 1.29 is 17.9 Å². The SMILES string of the molecule is CC(C)(C)OC(=O)NCCNc1ncccc1S(C)(=O)=O. The summed E-state index contributed by atoms with van der Waals surface area (Å²) in [6, 6.07) is 3.03. The van der Waals surface area contributed by atoms with E-state index in [1.165, 1.54) is 12.3 Å². The fraction of sp³-hybridized carbons (Fsp3) is 0.538. The summed E-state index contributed by atoms with van der Waals surface area (Å²) < 4.78 is 28.2. The number of hydrogen-bond donors (Lipinski definition) is 2. The van der Waals surface area contributed by atoms with E-state index in [0.717, 1.165) is 6.26 Å². The fourth-order valence-corrected chi connectivity index (χ4v) is 2.28. The van der Waals surface area contributed by atoms with E-state index < -0.39 is 21.5 Å². The molecule has 21 heavy (non-hydrogen) atoms. The number of carbonyl (C=O) groups excluding carboxylic acids is 1. The van der Waals surface area contributed by atoms with Crippen molar-refractivity contribution in [2.45, 2.75) is 31.3 Å². The van der Waals surface area contributed by atoms with Gasteiger partial charge in [-0.1, -0.05) is 0 Å². The number of aromatic nitrogens is 1. The van der Waals surface area contributed by atoms with E-state index in [9.17, 15) is 13.2 Å². The molecule has 1 aromatic rings. The molecule has 0 fully saturated rings. The van der Waals surface area contributed by atoms with Gasteiger partial charge in [0.1, 0.15) is 16.3 Å². The van der Waals surface area contributed by atoms with Gasteiger partial charge in [0.2, 0.25) is 0 Å². The molecule has 0 aliphatic rings. The number of rotatable bonds is 5. The quantitative estimate of drug-likeness (QED) is 0.798. The second-order valence-electron chi connectivity index (χ2n) is 5.48. The average Bonchev–Trinajstić information content (AvgIpc) is 2.32. The first-order valence-corrected chi connectivity index (χ1v) is 8.34. The largest absolute Gasteiger partial charge is 0.444 e. The van der Waals surface area contributed by atoms with Gasteiger partial charge in [0.25, 0.3) is 0 Å². The summed E-state index contributed by atoms with van der Waals surface area (Å²) in [5.74, 6) is 0.269. The van der Waals surface area contributed by atoms with Crippen LogP contribution in [0, 0.1) is 0 Å². The summed E-state index contributed by atoms with van der Waals surface area (Å²) in [4.78, 5) is 15.5. The van der Waals surface area contributed by atoms with Crippen molar-refractivity contribution in [3.63, 3.8) is 0 Å². The van der Waals surface area contributed by atoms with Crippen LogP contribution in [0.1, 0.15) is 20.8 Å². The lowest BCUT2D eigenvalue weighted by atomic mass is 10.2. The van der Waals surface area contributed by atoms with Crippen LogP contribution in [-0.4, -0.2) is 44.4 Å². The van der Waals surface area contributed by atoms with E-state index in [-0.39, 0.29) is 17.3 Å². The molecule has 1 rings (SSSR count). The Morgan fingerprint density at radius 1 is 1.33 bits per heavy atom. The third-order valence-electron chi connectivity index (χ3n) is 2.26. The highest BCUT2D eigenvalue weighted by atomic mass is 32.2. The molecule has 1 amide bonds. The number of amides is 1. The Kier molecular flexibility index (Phi) is 5.54. The average molecular weight is 315 g/mol. The monoisotopic (exact) mass is 315 g/mol. The van der Waals surface area contributed by atoms with Gasteiger partial charge in [0.05, 0.1) is 0 Å². The molecule has 0 saturated heterocycles. The minimum Gasteiger partial charge on any atom is -0.444 e. The molecule has 0 aliphatic carbocycles. The van der Waals surface area contributed by atoms with E-state index in [4.69, 9.17) is 4.74 Å². The summed E-state index contributed by atoms with van der Waals surface area (Å²) in [5, 5.41) is 5.44. The zero-order chi connectivity index (χ0) is 16.1. The van der Waals surface area contributed by atoms with Crippen LogP contribution in [0.15, 0.2) is 23.2 Å². The highest BCUT2D eigenvalue weighted by Crippen LogP contribution is 2.17. The number of nitrogens with zero attached hydrogens (tertiary/aromatic N) is 1. The fourth-order valence-electron chi connectivity index (χ4n) is 1.48. The maximum atomic E-state index is 11.6. The first-order valence-electron chi connectivity index (χ1n) is 6.45. The van der Waals surface area contributed by atoms with E-state index >= 15 is 0 Å². The third kappa shape index (κ3) is 6.44. The van der Waals surface area contributed by atoms with Crippen LogP contribution >= 0.6 is 0 Å². The van der Waals surface area contributed by atoms with Gasteiger partial charge < -0.3 is 15.4 Å². The molecule has 0 aromatic carbocycles. The predicted molar refractivity (Wildman–Crippen MR) is 80.1 cm³/mol. The van der Waals surface area contributed by atoms with Crippen molar-refractivity contribution in [3.8, 4) is 0 Å². The Balaban J connectivity index is 2.49. The molecule has 0 atom stereocenters. The topological polar surface area (TPSA) is 97.4 Å². The molecule has 0 bridgehead atoms. The van der Waals surface area contributed by atoms with Gasteiger partial charge in [-0.3, -0.25) is 0 Å². The molecule has 1 heterocycles. The molecular weight excluding hydrogens is 294 g/mol. The number of carbonyl (C=O) groups is 1. The van der Waals surface area contributed by atoms with Crippen LogP contribution in [0.25, 0.3) is 0 Å². The van der Waals surface area contributed by atoms with Gasteiger partial charge in [0, 0.05) is 25.5 Å². The van der Waals surface area contributed by atoms with Crippen molar-refractivity contribution >= 4 is 21.7 Å². The van der Waals surface area contributed by atoms with Crippen molar-refractivity contribution in [1.29, 1.82) is 0 Å². The maximum absolute atomic E-state index is 11.6. The minimum absolute atomic E-state index is 0.127. The zero-order valence-electron chi connectivity index (χ0n) is 12.6. The van der Waals surface area contributed by atoms with Crippen LogP contribution in [0.2, 0.25) is 0 Å². The highest BCUT2D eigenvalue weighted by Gasteiger charge is 2.16. The van der Waals surface area contributed by atoms with E-state index in [1.807, 2.05) is 0 Å². The molecule has 0 aliphatic heterocycles. The van der Waals surface area contributed by atoms with Gasteiger partial charge in [-0.15, -0.1) is 0 Å². The molecule has 0 saturated carbocycles. The minimum atomic E-state index is -3.35. The van der Waals surface area contributed by atoms with Crippen molar-refractivity contribution in [1.82, 2.24) is 10.3 Å². The molecular formula is C13H21N3O4S. The van der Waals surface area contributed by atoms with Crippen molar-refractivity contribution in [2.75, 3.05) is 24.7 Å². The normalized spacial score (nSPS) is 11.8. The summed E-state index contributed by atoms with van der Waals surface area (Å²) in [7, 11) is -3.35. The van der Waals surface area contributed by atoms with Gasteiger partial charge in [-0.25, -0.2) is 18.2 Å². The number of anilines is 1. The Morgan fingerprint density at radius 3 is 2.57 bits per heavy atom. The molecule has 0 spiro atoms. The van der Waals surface area contributed by atoms with Gasteiger partial charge in [-0.2, -0.15) is 0 Å². The smallest absolute Gasteiger partial charge is 0.407 e. The molecule has 0 unspecified atom stereocenters. The number of pyridine rings is 1. The Bertz CT molecular complexity index is 594. The van der Waals surface area contributed by atoms with E-state index in [2.05, 4.69) is 15.6 Å². The lowest BCUT2D eigenvalue weighted by molar-refractivity contribution is 0.0530. The van der Waals surface area contributed by atoms with Gasteiger partial charge >= 0.3 is 6.09 Å². The zero-order valence-corrected chi connectivity index (χ0v) is 13.5. The van der Waals surface area contributed by atoms with Crippen LogP contribution in [0.4, 0.5) is 10.6 Å². The first-order chi connectivity index (χ1) is 9.59. The van der Waals surface area contributed by atoms with Crippen LogP contribution < -0.4 is 10.6 Å². The van der Waals surface area contributed by atoms with E-state index in [0.29, 0.717) is 6.54 Å². The van der Waals surface area contributed by atoms with Gasteiger partial charge in [-0.05, 0) is 32.9 Å². The number of ether oxygens (including phenoxy) is 1. The molecule has 118 valence electrons. The summed E-state index contributed by atoms with van der Waals surface area (Å²) in [5.41, 5.74) is -0.554. The molecule has 7 nitrogen and oxygen atoms in total. The molecule has 2 N–H and O–H groups in total.